The summed E-state index contributed by atoms with van der Waals surface area (Å²) in [5.74, 6) is -2.04. The van der Waals surface area contributed by atoms with E-state index in [1.54, 1.807) is 0 Å². The SMILES string of the molecule is CC(=O)[O][Zr]([Br])([O]C(C)=O)[O]C(C)=O. The van der Waals surface area contributed by atoms with Crippen LogP contribution in [0.4, 0.5) is 0 Å². The van der Waals surface area contributed by atoms with Gasteiger partial charge in [-0.1, -0.05) is 0 Å². The van der Waals surface area contributed by atoms with Gasteiger partial charge in [0, 0.05) is 0 Å². The third-order valence-corrected chi connectivity index (χ3v) is 7.59. The van der Waals surface area contributed by atoms with Crippen molar-refractivity contribution in [3.63, 3.8) is 0 Å². The van der Waals surface area contributed by atoms with Crippen LogP contribution in [-0.2, 0) is 42.1 Å². The van der Waals surface area contributed by atoms with Gasteiger partial charge in [-0.25, -0.2) is 0 Å². The monoisotopic (exact) mass is 346 g/mol. The molecule has 0 unspecified atom stereocenters. The van der Waals surface area contributed by atoms with E-state index in [-0.39, 0.29) is 0 Å². The van der Waals surface area contributed by atoms with Crippen LogP contribution >= 0.6 is 12.2 Å². The first-order valence-electron chi connectivity index (χ1n) is 3.53. The van der Waals surface area contributed by atoms with Crippen molar-refractivity contribution >= 4 is 30.1 Å². The number of hydrogen-bond donors (Lipinski definition) is 0. The zero-order valence-corrected chi connectivity index (χ0v) is 11.9. The fourth-order valence-electron chi connectivity index (χ4n) is 0.578. The van der Waals surface area contributed by atoms with Gasteiger partial charge in [0.2, 0.25) is 0 Å². The molecule has 0 radical (unpaired) electrons. The van der Waals surface area contributed by atoms with Gasteiger partial charge in [-0.15, -0.1) is 0 Å². The third-order valence-electron chi connectivity index (χ3n) is 0.797. The molecule has 8 heteroatoms. The molecule has 0 aliphatic rings. The molecule has 0 aliphatic heterocycles. The fraction of sp³-hybridized carbons (Fsp3) is 0.500. The van der Waals surface area contributed by atoms with E-state index in [9.17, 15) is 14.4 Å². The Labute approximate surface area is 92.6 Å². The zero-order valence-electron chi connectivity index (χ0n) is 7.83. The summed E-state index contributed by atoms with van der Waals surface area (Å²) in [5, 5.41) is 0. The molecule has 0 aliphatic carbocycles. The predicted molar refractivity (Wildman–Crippen MR) is 44.2 cm³/mol. The first-order chi connectivity index (χ1) is 6.25. The van der Waals surface area contributed by atoms with Gasteiger partial charge < -0.3 is 0 Å². The van der Waals surface area contributed by atoms with Crippen molar-refractivity contribution in [1.29, 1.82) is 0 Å². The van der Waals surface area contributed by atoms with Crippen LogP contribution in [0.2, 0.25) is 0 Å². The van der Waals surface area contributed by atoms with Crippen LogP contribution in [0.1, 0.15) is 20.8 Å². The van der Waals surface area contributed by atoms with E-state index in [1.165, 1.54) is 0 Å². The molecule has 0 aromatic rings. The Morgan fingerprint density at radius 3 is 1.21 bits per heavy atom. The average Bonchev–Trinajstić information content (AvgIpc) is 1.76. The van der Waals surface area contributed by atoms with Gasteiger partial charge in [0.05, 0.1) is 0 Å². The molecule has 14 heavy (non-hydrogen) atoms. The van der Waals surface area contributed by atoms with E-state index in [4.69, 9.17) is 0 Å². The molecule has 0 N–H and O–H groups in total. The Morgan fingerprint density at radius 2 is 1.07 bits per heavy atom. The molecule has 0 heterocycles. The third kappa shape index (κ3) is 6.26. The Morgan fingerprint density at radius 1 is 0.857 bits per heavy atom. The molecule has 0 spiro atoms. The van der Waals surface area contributed by atoms with Gasteiger partial charge in [-0.3, -0.25) is 0 Å². The summed E-state index contributed by atoms with van der Waals surface area (Å²) < 4.78 is 14.0. The molecule has 0 aromatic carbocycles. The second kappa shape index (κ2) is 5.60. The molecule has 0 amide bonds. The Kier molecular flexibility index (Phi) is 5.51. The van der Waals surface area contributed by atoms with E-state index in [1.807, 2.05) is 0 Å². The fourth-order valence-corrected chi connectivity index (χ4v) is 7.46. The summed E-state index contributed by atoms with van der Waals surface area (Å²) in [7, 11) is 0. The first-order valence-corrected chi connectivity index (χ1v) is 12.2. The molecular formula is C6H9BrO6Zr. The van der Waals surface area contributed by atoms with Crippen molar-refractivity contribution in [1.82, 2.24) is 0 Å². The predicted octanol–water partition coefficient (Wildman–Crippen LogP) is 0.884. The number of rotatable bonds is 3. The first kappa shape index (κ1) is 13.8. The molecule has 0 rings (SSSR count). The molecule has 6 nitrogen and oxygen atoms in total. The maximum atomic E-state index is 10.6. The van der Waals surface area contributed by atoms with Crippen LogP contribution in [0.15, 0.2) is 0 Å². The number of carbonyl (C=O) groups is 3. The summed E-state index contributed by atoms with van der Waals surface area (Å²) >= 11 is -1.58. The summed E-state index contributed by atoms with van der Waals surface area (Å²) in [6.45, 7) is 3.37. The van der Waals surface area contributed by atoms with E-state index in [0.717, 1.165) is 20.8 Å². The van der Waals surface area contributed by atoms with Crippen molar-refractivity contribution in [3.8, 4) is 0 Å². The van der Waals surface area contributed by atoms with Crippen LogP contribution < -0.4 is 0 Å². The van der Waals surface area contributed by atoms with Crippen molar-refractivity contribution in [2.45, 2.75) is 20.8 Å². The maximum absolute atomic E-state index is 10.6. The van der Waals surface area contributed by atoms with Crippen molar-refractivity contribution in [2.24, 2.45) is 0 Å². The minimum atomic E-state index is -4.45. The number of hydrogen-bond acceptors (Lipinski definition) is 6. The van der Waals surface area contributed by atoms with Crippen LogP contribution in [0, 0.1) is 0 Å². The van der Waals surface area contributed by atoms with Crippen LogP contribution in [0.5, 0.6) is 0 Å². The molecule has 80 valence electrons. The van der Waals surface area contributed by atoms with E-state index in [0.29, 0.717) is 0 Å². The van der Waals surface area contributed by atoms with E-state index < -0.39 is 37.1 Å². The van der Waals surface area contributed by atoms with Gasteiger partial charge in [0.15, 0.2) is 0 Å². The van der Waals surface area contributed by atoms with Crippen molar-refractivity contribution in [3.05, 3.63) is 0 Å². The van der Waals surface area contributed by atoms with Gasteiger partial charge in [0.25, 0.3) is 0 Å². The van der Waals surface area contributed by atoms with Gasteiger partial charge >= 0.3 is 93.0 Å². The van der Waals surface area contributed by atoms with Crippen molar-refractivity contribution in [2.75, 3.05) is 0 Å². The summed E-state index contributed by atoms with van der Waals surface area (Å²) in [4.78, 5) is 31.9. The van der Waals surface area contributed by atoms with Gasteiger partial charge in [-0.05, 0) is 0 Å². The Bertz CT molecular complexity index is 224. The average molecular weight is 348 g/mol. The molecular weight excluding hydrogens is 339 g/mol. The second-order valence-electron chi connectivity index (χ2n) is 2.26. The summed E-state index contributed by atoms with van der Waals surface area (Å²) in [5.41, 5.74) is 0. The Balaban J connectivity index is 4.56. The Hall–Kier alpha value is -0.227. The standard InChI is InChI=1S/3C2H4O2.BrH.Zr/c3*1-2(3)4;;/h3*1H3,(H,3,4);1H;/q;;;;+4/p-4. The van der Waals surface area contributed by atoms with E-state index in [2.05, 4.69) is 20.7 Å². The molecule has 0 atom stereocenters. The molecule has 0 bridgehead atoms. The number of carbonyl (C=O) groups excluding carboxylic acids is 3. The van der Waals surface area contributed by atoms with Crippen LogP contribution in [-0.4, -0.2) is 17.9 Å². The van der Waals surface area contributed by atoms with E-state index >= 15 is 0 Å². The van der Waals surface area contributed by atoms with Gasteiger partial charge in [-0.2, -0.15) is 0 Å². The quantitative estimate of drug-likeness (QED) is 0.754. The van der Waals surface area contributed by atoms with Crippen LogP contribution in [0.25, 0.3) is 0 Å². The summed E-state index contributed by atoms with van der Waals surface area (Å²) in [6.07, 6.45) is 0. The van der Waals surface area contributed by atoms with Crippen LogP contribution in [0.3, 0.4) is 0 Å². The van der Waals surface area contributed by atoms with Crippen molar-refractivity contribution < 1.29 is 42.1 Å². The summed E-state index contributed by atoms with van der Waals surface area (Å²) in [6, 6.07) is 0. The molecule has 0 aromatic heterocycles. The zero-order chi connectivity index (χ0) is 11.4. The van der Waals surface area contributed by atoms with Gasteiger partial charge in [0.1, 0.15) is 0 Å². The normalized spacial score (nSPS) is 10.3. The molecule has 0 fully saturated rings. The topological polar surface area (TPSA) is 78.9 Å². The minimum absolute atomic E-state index is 0.680. The molecule has 0 saturated heterocycles. The number of halogens is 1. The molecule has 0 saturated carbocycles. The second-order valence-corrected chi connectivity index (χ2v) is 11.9.